The van der Waals surface area contributed by atoms with E-state index >= 15 is 0 Å². The van der Waals surface area contributed by atoms with Crippen molar-refractivity contribution < 1.29 is 19.0 Å². The minimum atomic E-state index is -0.0909. The van der Waals surface area contributed by atoms with Crippen LogP contribution in [0.15, 0.2) is 18.2 Å². The first-order valence-electron chi connectivity index (χ1n) is 7.45. The summed E-state index contributed by atoms with van der Waals surface area (Å²) < 4.78 is 17.6. The van der Waals surface area contributed by atoms with Crippen molar-refractivity contribution in [3.8, 4) is 17.2 Å². The number of benzene rings is 1. The molecule has 0 saturated carbocycles. The Bertz CT molecular complexity index is 766. The second kappa shape index (κ2) is 7.21. The topological polar surface area (TPSA) is 62.6 Å². The smallest absolute Gasteiger partial charge is 0.203 e. The summed E-state index contributed by atoms with van der Waals surface area (Å²) >= 11 is 0. The molecule has 0 aliphatic carbocycles. The maximum Gasteiger partial charge on any atom is 0.203 e. The highest BCUT2D eigenvalue weighted by molar-refractivity contribution is 6.08. The van der Waals surface area contributed by atoms with Gasteiger partial charge in [-0.15, -0.1) is 0 Å². The van der Waals surface area contributed by atoms with Crippen molar-refractivity contribution in [3.63, 3.8) is 0 Å². The van der Waals surface area contributed by atoms with E-state index in [4.69, 9.17) is 14.2 Å². The van der Waals surface area contributed by atoms with Gasteiger partial charge in [-0.3, -0.25) is 9.48 Å². The van der Waals surface area contributed by atoms with Crippen LogP contribution in [0.1, 0.15) is 27.3 Å². The van der Waals surface area contributed by atoms with Gasteiger partial charge in [-0.1, -0.05) is 6.08 Å². The summed E-state index contributed by atoms with van der Waals surface area (Å²) in [5.74, 6) is 1.50. The first kappa shape index (κ1) is 17.6. The molecule has 6 heteroatoms. The number of aryl methyl sites for hydroxylation is 2. The molecule has 0 aliphatic rings. The van der Waals surface area contributed by atoms with Gasteiger partial charge < -0.3 is 14.2 Å². The highest BCUT2D eigenvalue weighted by Crippen LogP contribution is 2.38. The molecule has 0 aliphatic heterocycles. The van der Waals surface area contributed by atoms with Crippen LogP contribution in [0.3, 0.4) is 0 Å². The average Bonchev–Trinajstić information content (AvgIpc) is 2.83. The highest BCUT2D eigenvalue weighted by atomic mass is 16.5. The van der Waals surface area contributed by atoms with E-state index in [-0.39, 0.29) is 5.78 Å². The molecule has 0 N–H and O–H groups in total. The van der Waals surface area contributed by atoms with Gasteiger partial charge in [0.1, 0.15) is 0 Å². The number of carbonyl (C=O) groups is 1. The maximum atomic E-state index is 12.5. The number of allylic oxidation sites excluding steroid dienone is 1. The summed E-state index contributed by atoms with van der Waals surface area (Å²) in [6.45, 7) is 3.70. The predicted octanol–water partition coefficient (Wildman–Crippen LogP) is 2.96. The number of hydrogen-bond donors (Lipinski definition) is 0. The molecule has 0 radical (unpaired) electrons. The van der Waals surface area contributed by atoms with Crippen molar-refractivity contribution in [1.29, 1.82) is 0 Å². The Labute approximate surface area is 141 Å². The number of aromatic nitrogens is 2. The number of rotatable bonds is 6. The zero-order valence-corrected chi connectivity index (χ0v) is 14.8. The predicted molar refractivity (Wildman–Crippen MR) is 92.1 cm³/mol. The van der Waals surface area contributed by atoms with Crippen LogP contribution < -0.4 is 14.2 Å². The number of hydrogen-bond acceptors (Lipinski definition) is 5. The Balaban J connectivity index is 2.36. The fraction of sp³-hybridized carbons (Fsp3) is 0.333. The van der Waals surface area contributed by atoms with Crippen LogP contribution in [0.25, 0.3) is 6.08 Å². The van der Waals surface area contributed by atoms with Gasteiger partial charge in [-0.25, -0.2) is 0 Å². The lowest BCUT2D eigenvalue weighted by Crippen LogP contribution is -2.00. The van der Waals surface area contributed by atoms with Gasteiger partial charge in [-0.05, 0) is 37.6 Å². The van der Waals surface area contributed by atoms with Gasteiger partial charge in [0.15, 0.2) is 17.3 Å². The zero-order chi connectivity index (χ0) is 17.9. The maximum absolute atomic E-state index is 12.5. The normalized spacial score (nSPS) is 10.9. The number of ether oxygens (including phenoxy) is 3. The summed E-state index contributed by atoms with van der Waals surface area (Å²) in [5.41, 5.74) is 2.96. The minimum absolute atomic E-state index is 0.0909. The SMILES string of the molecule is COc1cc(/C=C/C(=O)c2c(C)nn(C)c2C)cc(OC)c1OC. The molecular weight excluding hydrogens is 308 g/mol. The van der Waals surface area contributed by atoms with E-state index in [9.17, 15) is 4.79 Å². The van der Waals surface area contributed by atoms with Crippen LogP contribution in [-0.4, -0.2) is 36.9 Å². The molecule has 0 amide bonds. The highest BCUT2D eigenvalue weighted by Gasteiger charge is 2.16. The van der Waals surface area contributed by atoms with Gasteiger partial charge in [-0.2, -0.15) is 5.10 Å². The van der Waals surface area contributed by atoms with E-state index in [1.54, 1.807) is 44.2 Å². The Kier molecular flexibility index (Phi) is 5.28. The Morgan fingerprint density at radius 1 is 1.08 bits per heavy atom. The summed E-state index contributed by atoms with van der Waals surface area (Å²) in [7, 11) is 6.48. The van der Waals surface area contributed by atoms with E-state index in [1.165, 1.54) is 6.08 Å². The van der Waals surface area contributed by atoms with E-state index in [0.717, 1.165) is 17.0 Å². The van der Waals surface area contributed by atoms with Gasteiger partial charge in [0, 0.05) is 12.7 Å². The number of nitrogens with zero attached hydrogens (tertiary/aromatic N) is 2. The lowest BCUT2D eigenvalue weighted by Gasteiger charge is -2.12. The molecule has 0 unspecified atom stereocenters. The molecule has 6 nitrogen and oxygen atoms in total. The second-order valence-corrected chi connectivity index (χ2v) is 5.33. The minimum Gasteiger partial charge on any atom is -0.493 e. The van der Waals surface area contributed by atoms with Crippen LogP contribution in [0.5, 0.6) is 17.2 Å². The zero-order valence-electron chi connectivity index (χ0n) is 14.8. The molecule has 2 aromatic rings. The molecule has 0 bridgehead atoms. The van der Waals surface area contributed by atoms with Gasteiger partial charge in [0.05, 0.1) is 32.6 Å². The summed E-state index contributed by atoms with van der Waals surface area (Å²) in [6.07, 6.45) is 3.25. The van der Waals surface area contributed by atoms with E-state index in [2.05, 4.69) is 5.10 Å². The monoisotopic (exact) mass is 330 g/mol. The lowest BCUT2D eigenvalue weighted by atomic mass is 10.1. The van der Waals surface area contributed by atoms with E-state index in [1.807, 2.05) is 20.9 Å². The third-order valence-electron chi connectivity index (χ3n) is 3.87. The van der Waals surface area contributed by atoms with Crippen LogP contribution >= 0.6 is 0 Å². The molecule has 24 heavy (non-hydrogen) atoms. The fourth-order valence-corrected chi connectivity index (χ4v) is 2.58. The first-order valence-corrected chi connectivity index (χ1v) is 7.45. The third kappa shape index (κ3) is 3.27. The third-order valence-corrected chi connectivity index (χ3v) is 3.87. The van der Waals surface area contributed by atoms with Gasteiger partial charge >= 0.3 is 0 Å². The molecule has 0 saturated heterocycles. The van der Waals surface area contributed by atoms with Crippen molar-refractivity contribution in [2.75, 3.05) is 21.3 Å². The Morgan fingerprint density at radius 2 is 1.67 bits per heavy atom. The van der Waals surface area contributed by atoms with Crippen molar-refractivity contribution >= 4 is 11.9 Å². The largest absolute Gasteiger partial charge is 0.493 e. The van der Waals surface area contributed by atoms with Crippen molar-refractivity contribution in [3.05, 3.63) is 40.7 Å². The Morgan fingerprint density at radius 3 is 2.08 bits per heavy atom. The van der Waals surface area contributed by atoms with Crippen LogP contribution in [0, 0.1) is 13.8 Å². The molecule has 128 valence electrons. The second-order valence-electron chi connectivity index (χ2n) is 5.33. The summed E-state index contributed by atoms with van der Waals surface area (Å²) in [4.78, 5) is 12.5. The first-order chi connectivity index (χ1) is 11.4. The number of methoxy groups -OCH3 is 3. The summed E-state index contributed by atoms with van der Waals surface area (Å²) in [5, 5.41) is 4.27. The molecule has 2 rings (SSSR count). The molecule has 0 fully saturated rings. The van der Waals surface area contributed by atoms with Gasteiger partial charge in [0.2, 0.25) is 5.75 Å². The lowest BCUT2D eigenvalue weighted by molar-refractivity contribution is 0.104. The van der Waals surface area contributed by atoms with Crippen molar-refractivity contribution in [2.24, 2.45) is 7.05 Å². The van der Waals surface area contributed by atoms with Crippen LogP contribution in [0.4, 0.5) is 0 Å². The number of carbonyl (C=O) groups excluding carboxylic acids is 1. The summed E-state index contributed by atoms with van der Waals surface area (Å²) in [6, 6.07) is 3.57. The number of ketones is 1. The average molecular weight is 330 g/mol. The standard InChI is InChI=1S/C18H22N2O4/c1-11-17(12(2)20(3)19-11)14(21)8-7-13-9-15(22-4)18(24-6)16(10-13)23-5/h7-10H,1-6H3/b8-7+. The fourth-order valence-electron chi connectivity index (χ4n) is 2.58. The Hall–Kier alpha value is -2.76. The molecular formula is C18H22N2O4. The van der Waals surface area contributed by atoms with Crippen molar-refractivity contribution in [1.82, 2.24) is 9.78 Å². The molecule has 1 heterocycles. The van der Waals surface area contributed by atoms with Crippen molar-refractivity contribution in [2.45, 2.75) is 13.8 Å². The molecule has 0 spiro atoms. The molecule has 1 aromatic carbocycles. The van der Waals surface area contributed by atoms with Crippen LogP contribution in [-0.2, 0) is 7.05 Å². The quantitative estimate of drug-likeness (QED) is 0.602. The molecule has 1 aromatic heterocycles. The van der Waals surface area contributed by atoms with Gasteiger partial charge in [0.25, 0.3) is 0 Å². The van der Waals surface area contributed by atoms with E-state index < -0.39 is 0 Å². The van der Waals surface area contributed by atoms with Crippen LogP contribution in [0.2, 0.25) is 0 Å². The molecule has 0 atom stereocenters. The van der Waals surface area contributed by atoms with E-state index in [0.29, 0.717) is 22.8 Å².